The summed E-state index contributed by atoms with van der Waals surface area (Å²) in [5.41, 5.74) is 0.478. The number of amides is 2. The smallest absolute Gasteiger partial charge is 0.352 e. The van der Waals surface area contributed by atoms with Crippen molar-refractivity contribution in [1.82, 2.24) is 25.4 Å². The molecule has 0 aliphatic carbocycles. The van der Waals surface area contributed by atoms with Crippen LogP contribution in [0.25, 0.3) is 0 Å². The van der Waals surface area contributed by atoms with E-state index in [9.17, 15) is 24.3 Å². The fourth-order valence-electron chi connectivity index (χ4n) is 3.23. The van der Waals surface area contributed by atoms with Crippen LogP contribution in [0.4, 0.5) is 0 Å². The Balaban J connectivity index is 1.39. The largest absolute Gasteiger partial charge is 0.481 e. The number of H-pyrrole nitrogens is 1. The molecule has 1 unspecified atom stereocenters. The number of hydrogen-bond acceptors (Lipinski definition) is 10. The molecule has 15 heteroatoms. The summed E-state index contributed by atoms with van der Waals surface area (Å²) >= 11 is 5.03. The second-order valence-corrected chi connectivity index (χ2v) is 10.9. The van der Waals surface area contributed by atoms with Gasteiger partial charge in [-0.25, -0.2) is 4.79 Å². The fraction of sp³-hybridized carbons (Fsp3) is 0.333. The molecule has 174 valence electrons. The molecule has 2 aliphatic heterocycles. The van der Waals surface area contributed by atoms with E-state index >= 15 is 0 Å². The van der Waals surface area contributed by atoms with Gasteiger partial charge in [0, 0.05) is 16.4 Å². The molecule has 2 amide bonds. The Kier molecular flexibility index (Phi) is 7.31. The molecule has 0 saturated carbocycles. The third kappa shape index (κ3) is 5.37. The van der Waals surface area contributed by atoms with Gasteiger partial charge in [0.2, 0.25) is 11.1 Å². The number of rotatable bonds is 10. The van der Waals surface area contributed by atoms with Gasteiger partial charge in [-0.1, -0.05) is 29.6 Å². The number of fused-ring (bicyclic) bond motifs is 1. The molecule has 0 spiro atoms. The summed E-state index contributed by atoms with van der Waals surface area (Å²) in [4.78, 5) is 53.9. The van der Waals surface area contributed by atoms with E-state index in [1.165, 1.54) is 39.8 Å². The summed E-state index contributed by atoms with van der Waals surface area (Å²) in [6.45, 7) is 0. The Hall–Kier alpha value is -2.49. The van der Waals surface area contributed by atoms with Crippen LogP contribution < -0.4 is 5.32 Å². The molecular formula is C18H17N5O6S4. The van der Waals surface area contributed by atoms with E-state index in [0.29, 0.717) is 21.6 Å². The zero-order chi connectivity index (χ0) is 23.5. The van der Waals surface area contributed by atoms with Gasteiger partial charge in [-0.05, 0) is 17.0 Å². The first-order valence-electron chi connectivity index (χ1n) is 9.45. The Labute approximate surface area is 203 Å². The Morgan fingerprint density at radius 3 is 2.82 bits per heavy atom. The van der Waals surface area contributed by atoms with E-state index in [1.807, 2.05) is 17.5 Å². The van der Waals surface area contributed by atoms with Gasteiger partial charge in [-0.15, -0.1) is 28.2 Å². The van der Waals surface area contributed by atoms with Crippen LogP contribution in [0.15, 0.2) is 39.1 Å². The zero-order valence-corrected chi connectivity index (χ0v) is 20.0. The van der Waals surface area contributed by atoms with Crippen LogP contribution in [-0.4, -0.2) is 82.7 Å². The topological polar surface area (TPSA) is 166 Å². The van der Waals surface area contributed by atoms with Crippen LogP contribution in [0.2, 0.25) is 0 Å². The lowest BCUT2D eigenvalue weighted by Crippen LogP contribution is -2.70. The average molecular weight is 528 g/mol. The van der Waals surface area contributed by atoms with E-state index in [0.717, 1.165) is 16.6 Å². The maximum absolute atomic E-state index is 12.7. The summed E-state index contributed by atoms with van der Waals surface area (Å²) < 4.78 is 0. The van der Waals surface area contributed by atoms with Gasteiger partial charge < -0.3 is 15.5 Å². The van der Waals surface area contributed by atoms with E-state index in [4.69, 9.17) is 5.11 Å². The number of carboxylic acid groups (broad SMARTS) is 2. The summed E-state index contributed by atoms with van der Waals surface area (Å²) in [5.74, 6) is -2.44. The molecule has 0 bridgehead atoms. The zero-order valence-electron chi connectivity index (χ0n) is 16.7. The lowest BCUT2D eigenvalue weighted by atomic mass is 10.0. The number of carboxylic acids is 2. The van der Waals surface area contributed by atoms with Crippen LogP contribution in [0.5, 0.6) is 0 Å². The van der Waals surface area contributed by atoms with Crippen molar-refractivity contribution < 1.29 is 29.4 Å². The van der Waals surface area contributed by atoms with Crippen LogP contribution >= 0.6 is 46.6 Å². The number of nitrogens with zero attached hydrogens (tertiary/aromatic N) is 3. The molecule has 2 aromatic heterocycles. The number of nitrogens with one attached hydrogen (secondary N) is 2. The van der Waals surface area contributed by atoms with Gasteiger partial charge in [-0.2, -0.15) is 4.98 Å². The molecule has 11 nitrogen and oxygen atoms in total. The van der Waals surface area contributed by atoms with E-state index < -0.39 is 29.3 Å². The second kappa shape index (κ2) is 10.2. The van der Waals surface area contributed by atoms with Crippen LogP contribution in [-0.2, 0) is 25.6 Å². The second-order valence-electron chi connectivity index (χ2n) is 6.86. The molecule has 0 aromatic carbocycles. The SMILES string of the molecule is O=C(O)CSc1nc(SCC2=C(C(=O)O)N3C(=O)C(NC(=O)Cc4cccs4)[C@H]3SC2)n[nH]1. The van der Waals surface area contributed by atoms with Gasteiger partial charge in [0.05, 0.1) is 12.2 Å². The minimum absolute atomic E-state index is 0.0731. The maximum atomic E-state index is 12.7. The lowest BCUT2D eigenvalue weighted by molar-refractivity contribution is -0.150. The first-order chi connectivity index (χ1) is 15.8. The Morgan fingerprint density at radius 2 is 2.12 bits per heavy atom. The van der Waals surface area contributed by atoms with E-state index in [-0.39, 0.29) is 29.5 Å². The molecule has 33 heavy (non-hydrogen) atoms. The predicted molar refractivity (Wildman–Crippen MR) is 123 cm³/mol. The van der Waals surface area contributed by atoms with Crippen molar-refractivity contribution >= 4 is 70.4 Å². The maximum Gasteiger partial charge on any atom is 0.352 e. The minimum atomic E-state index is -1.21. The Morgan fingerprint density at radius 1 is 1.30 bits per heavy atom. The number of hydrogen-bond donors (Lipinski definition) is 4. The molecule has 2 atom stereocenters. The molecule has 1 fully saturated rings. The third-order valence-electron chi connectivity index (χ3n) is 4.63. The monoisotopic (exact) mass is 527 g/mol. The molecule has 4 N–H and O–H groups in total. The van der Waals surface area contributed by atoms with E-state index in [2.05, 4.69) is 20.5 Å². The molecule has 1 saturated heterocycles. The van der Waals surface area contributed by atoms with Crippen LogP contribution in [0.3, 0.4) is 0 Å². The van der Waals surface area contributed by atoms with Crippen molar-refractivity contribution in [3.63, 3.8) is 0 Å². The Bertz CT molecular complexity index is 1120. The first-order valence-corrected chi connectivity index (χ1v) is 13.3. The van der Waals surface area contributed by atoms with Gasteiger partial charge in [0.15, 0.2) is 5.16 Å². The van der Waals surface area contributed by atoms with Gasteiger partial charge in [-0.3, -0.25) is 24.4 Å². The number of thiophene rings is 1. The standard InChI is InChI=1S/C18H17N5O6S4/c24-10(4-9-2-1-3-30-9)19-12-14(27)23-13(16(28)29)8(5-31-15(12)23)6-32-17-20-18(22-21-17)33-7-11(25)26/h1-3,12,15H,4-7H2,(H,19,24)(H,25,26)(H,28,29)(H,20,21,22)/t12?,15-/m1/s1. The normalized spacial score (nSPS) is 19.8. The number of carbonyl (C=O) groups is 4. The fourth-order valence-corrected chi connectivity index (χ4v) is 6.80. The lowest BCUT2D eigenvalue weighted by Gasteiger charge is -2.49. The van der Waals surface area contributed by atoms with Crippen molar-refractivity contribution in [1.29, 1.82) is 0 Å². The van der Waals surface area contributed by atoms with Crippen LogP contribution in [0.1, 0.15) is 4.88 Å². The summed E-state index contributed by atoms with van der Waals surface area (Å²) in [7, 11) is 0. The summed E-state index contributed by atoms with van der Waals surface area (Å²) in [5, 5.41) is 29.9. The molecule has 0 radical (unpaired) electrons. The van der Waals surface area contributed by atoms with Gasteiger partial charge >= 0.3 is 11.9 Å². The number of aromatic amines is 1. The van der Waals surface area contributed by atoms with E-state index in [1.54, 1.807) is 0 Å². The third-order valence-corrected chi connectivity index (χ3v) is 8.63. The van der Waals surface area contributed by atoms with Gasteiger partial charge in [0.1, 0.15) is 17.1 Å². The quantitative estimate of drug-likeness (QED) is 0.258. The minimum Gasteiger partial charge on any atom is -0.481 e. The molecule has 4 heterocycles. The number of β-lactam (4-membered cyclic amide) rings is 1. The van der Waals surface area contributed by atoms with Crippen molar-refractivity contribution in [2.75, 3.05) is 17.3 Å². The first kappa shape index (κ1) is 23.7. The number of aromatic nitrogens is 3. The average Bonchev–Trinajstić information content (AvgIpc) is 3.45. The van der Waals surface area contributed by atoms with Crippen molar-refractivity contribution in [2.45, 2.75) is 28.1 Å². The number of aliphatic carboxylic acids is 2. The van der Waals surface area contributed by atoms with Crippen molar-refractivity contribution in [3.8, 4) is 0 Å². The van der Waals surface area contributed by atoms with Crippen LogP contribution in [0, 0.1) is 0 Å². The number of thioether (sulfide) groups is 3. The van der Waals surface area contributed by atoms with Crippen molar-refractivity contribution in [2.24, 2.45) is 0 Å². The highest BCUT2D eigenvalue weighted by Gasteiger charge is 2.54. The summed E-state index contributed by atoms with van der Waals surface area (Å²) in [6, 6.07) is 2.93. The summed E-state index contributed by atoms with van der Waals surface area (Å²) in [6.07, 6.45) is 0.172. The molecule has 2 aromatic rings. The highest BCUT2D eigenvalue weighted by Crippen LogP contribution is 2.41. The molecular weight excluding hydrogens is 510 g/mol. The number of carbonyl (C=O) groups excluding carboxylic acids is 2. The molecule has 4 rings (SSSR count). The highest BCUT2D eigenvalue weighted by atomic mass is 32.2. The molecule has 2 aliphatic rings. The van der Waals surface area contributed by atoms with Gasteiger partial charge in [0.25, 0.3) is 5.91 Å². The predicted octanol–water partition coefficient (Wildman–Crippen LogP) is 1.12. The highest BCUT2D eigenvalue weighted by molar-refractivity contribution is 8.01. The van der Waals surface area contributed by atoms with Crippen molar-refractivity contribution in [3.05, 3.63) is 33.7 Å².